The van der Waals surface area contributed by atoms with Crippen molar-refractivity contribution in [2.45, 2.75) is 4.90 Å². The van der Waals surface area contributed by atoms with Crippen molar-refractivity contribution in [2.75, 3.05) is 7.11 Å². The molecular weight excluding hydrogens is 418 g/mol. The topological polar surface area (TPSA) is 87.4 Å². The van der Waals surface area contributed by atoms with Gasteiger partial charge in [-0.05, 0) is 48.0 Å². The molecule has 0 amide bonds. The summed E-state index contributed by atoms with van der Waals surface area (Å²) in [6, 6.07) is 10.0. The van der Waals surface area contributed by atoms with Crippen LogP contribution in [0.25, 0.3) is 6.08 Å². The van der Waals surface area contributed by atoms with Crippen molar-refractivity contribution in [3.8, 4) is 17.6 Å². The molecule has 2 aromatic rings. The van der Waals surface area contributed by atoms with Gasteiger partial charge in [0.1, 0.15) is 11.0 Å². The molecule has 0 heterocycles. The maximum Gasteiger partial charge on any atom is 0.216 e. The summed E-state index contributed by atoms with van der Waals surface area (Å²) < 4.78 is 30.6. The van der Waals surface area contributed by atoms with Crippen molar-refractivity contribution in [1.82, 2.24) is 0 Å². The molecule has 2 aromatic carbocycles. The van der Waals surface area contributed by atoms with Gasteiger partial charge in [-0.25, -0.2) is 8.42 Å². The van der Waals surface area contributed by atoms with Crippen molar-refractivity contribution in [2.24, 2.45) is 0 Å². The predicted octanol–water partition coefficient (Wildman–Crippen LogP) is 4.16. The fourth-order valence-electron chi connectivity index (χ4n) is 1.88. The molecule has 5 nitrogen and oxygen atoms in total. The number of ether oxygens (including phenoxy) is 1. The van der Waals surface area contributed by atoms with Crippen LogP contribution in [0.15, 0.2) is 50.7 Å². The van der Waals surface area contributed by atoms with E-state index in [1.165, 1.54) is 49.6 Å². The SMILES string of the molecule is COc1cc(/C=C(/C#N)S(=O)(=O)c2ccc(Cl)cc2)c(Br)cc1O. The van der Waals surface area contributed by atoms with E-state index in [1.54, 1.807) is 6.07 Å². The zero-order valence-electron chi connectivity index (χ0n) is 12.3. The lowest BCUT2D eigenvalue weighted by atomic mass is 10.2. The summed E-state index contributed by atoms with van der Waals surface area (Å²) >= 11 is 8.97. The van der Waals surface area contributed by atoms with Gasteiger partial charge < -0.3 is 9.84 Å². The minimum atomic E-state index is -4.00. The Bertz CT molecular complexity index is 947. The summed E-state index contributed by atoms with van der Waals surface area (Å²) in [6.07, 6.45) is 1.20. The zero-order valence-corrected chi connectivity index (χ0v) is 15.5. The number of methoxy groups -OCH3 is 1. The average molecular weight is 429 g/mol. The lowest BCUT2D eigenvalue weighted by Crippen LogP contribution is -2.03. The van der Waals surface area contributed by atoms with Crippen LogP contribution in [0.5, 0.6) is 11.5 Å². The van der Waals surface area contributed by atoms with Crippen molar-refractivity contribution in [3.05, 3.63) is 56.4 Å². The van der Waals surface area contributed by atoms with Crippen LogP contribution in [0.3, 0.4) is 0 Å². The Morgan fingerprint density at radius 3 is 2.50 bits per heavy atom. The number of nitrogens with zero attached hydrogens (tertiary/aromatic N) is 1. The van der Waals surface area contributed by atoms with Gasteiger partial charge in [0.2, 0.25) is 9.84 Å². The number of aromatic hydroxyl groups is 1. The Kier molecular flexibility index (Phi) is 5.54. The molecule has 1 N–H and O–H groups in total. The molecule has 0 saturated heterocycles. The van der Waals surface area contributed by atoms with Crippen molar-refractivity contribution >= 4 is 43.4 Å². The third kappa shape index (κ3) is 3.73. The Labute approximate surface area is 152 Å². The highest BCUT2D eigenvalue weighted by molar-refractivity contribution is 9.10. The van der Waals surface area contributed by atoms with E-state index >= 15 is 0 Å². The molecule has 0 aliphatic rings. The minimum Gasteiger partial charge on any atom is -0.504 e. The number of phenolic OH excluding ortho intramolecular Hbond substituents is 1. The van der Waals surface area contributed by atoms with E-state index in [0.29, 0.717) is 15.1 Å². The van der Waals surface area contributed by atoms with Crippen LogP contribution in [0.1, 0.15) is 5.56 Å². The first-order valence-corrected chi connectivity index (χ1v) is 9.14. The number of hydrogen-bond acceptors (Lipinski definition) is 5. The predicted molar refractivity (Wildman–Crippen MR) is 94.6 cm³/mol. The van der Waals surface area contributed by atoms with E-state index in [4.69, 9.17) is 16.3 Å². The lowest BCUT2D eigenvalue weighted by Gasteiger charge is -2.08. The second kappa shape index (κ2) is 7.26. The highest BCUT2D eigenvalue weighted by Gasteiger charge is 2.21. The number of rotatable bonds is 4. The van der Waals surface area contributed by atoms with E-state index in [-0.39, 0.29) is 16.4 Å². The van der Waals surface area contributed by atoms with Gasteiger partial charge in [0.15, 0.2) is 11.5 Å². The highest BCUT2D eigenvalue weighted by atomic mass is 79.9. The second-order valence-corrected chi connectivity index (χ2v) is 7.83. The number of hydrogen-bond donors (Lipinski definition) is 1. The van der Waals surface area contributed by atoms with Gasteiger partial charge in [-0.1, -0.05) is 27.5 Å². The fraction of sp³-hybridized carbons (Fsp3) is 0.0625. The summed E-state index contributed by atoms with van der Waals surface area (Å²) in [4.78, 5) is -0.486. The molecular formula is C16H11BrClNO4S. The fourth-order valence-corrected chi connectivity index (χ4v) is 3.61. The quantitative estimate of drug-likeness (QED) is 0.739. The minimum absolute atomic E-state index is 0.0402. The summed E-state index contributed by atoms with van der Waals surface area (Å²) in [7, 11) is -2.63. The Morgan fingerprint density at radius 2 is 1.96 bits per heavy atom. The summed E-state index contributed by atoms with van der Waals surface area (Å²) in [5, 5.41) is 19.4. The smallest absolute Gasteiger partial charge is 0.216 e. The average Bonchev–Trinajstić information content (AvgIpc) is 2.54. The number of halogens is 2. The van der Waals surface area contributed by atoms with E-state index in [2.05, 4.69) is 15.9 Å². The molecule has 0 fully saturated rings. The molecule has 0 aliphatic heterocycles. The molecule has 0 aromatic heterocycles. The first kappa shape index (κ1) is 18.3. The highest BCUT2D eigenvalue weighted by Crippen LogP contribution is 2.34. The Morgan fingerprint density at radius 1 is 1.33 bits per heavy atom. The number of phenols is 1. The van der Waals surface area contributed by atoms with Crippen LogP contribution < -0.4 is 4.74 Å². The van der Waals surface area contributed by atoms with E-state index in [9.17, 15) is 18.8 Å². The normalized spacial score (nSPS) is 11.8. The molecule has 0 unspecified atom stereocenters. The van der Waals surface area contributed by atoms with Gasteiger partial charge in [0.05, 0.1) is 12.0 Å². The first-order valence-electron chi connectivity index (χ1n) is 6.48. The van der Waals surface area contributed by atoms with Crippen molar-refractivity contribution in [1.29, 1.82) is 5.26 Å². The third-order valence-electron chi connectivity index (χ3n) is 3.11. The van der Waals surface area contributed by atoms with E-state index < -0.39 is 14.7 Å². The van der Waals surface area contributed by atoms with Crippen molar-refractivity contribution < 1.29 is 18.3 Å². The maximum absolute atomic E-state index is 12.6. The molecule has 8 heteroatoms. The van der Waals surface area contributed by atoms with Gasteiger partial charge in [-0.2, -0.15) is 5.26 Å². The van der Waals surface area contributed by atoms with Crippen LogP contribution in [0.2, 0.25) is 5.02 Å². The largest absolute Gasteiger partial charge is 0.504 e. The van der Waals surface area contributed by atoms with Crippen LogP contribution in [0, 0.1) is 11.3 Å². The molecule has 24 heavy (non-hydrogen) atoms. The standard InChI is InChI=1S/C16H11BrClNO4S/c1-23-16-7-10(14(17)8-15(16)20)6-13(9-19)24(21,22)12-4-2-11(18)3-5-12/h2-8,20H,1H3/b13-6-. The molecule has 0 atom stereocenters. The molecule has 0 bridgehead atoms. The van der Waals surface area contributed by atoms with Gasteiger partial charge in [-0.3, -0.25) is 0 Å². The second-order valence-electron chi connectivity index (χ2n) is 4.62. The number of benzene rings is 2. The zero-order chi connectivity index (χ0) is 17.9. The molecule has 124 valence electrons. The number of sulfone groups is 1. The van der Waals surface area contributed by atoms with E-state index in [0.717, 1.165) is 0 Å². The summed E-state index contributed by atoms with van der Waals surface area (Å²) in [6.45, 7) is 0. The molecule has 0 spiro atoms. The third-order valence-corrected chi connectivity index (χ3v) is 5.73. The first-order chi connectivity index (χ1) is 11.3. The maximum atomic E-state index is 12.6. The van der Waals surface area contributed by atoms with Gasteiger partial charge in [-0.15, -0.1) is 0 Å². The molecule has 0 saturated carbocycles. The monoisotopic (exact) mass is 427 g/mol. The Hall–Kier alpha value is -2.01. The molecule has 0 radical (unpaired) electrons. The van der Waals surface area contributed by atoms with E-state index in [1.807, 2.05) is 0 Å². The van der Waals surface area contributed by atoms with Gasteiger partial charge in [0, 0.05) is 9.50 Å². The van der Waals surface area contributed by atoms with Crippen LogP contribution in [-0.2, 0) is 9.84 Å². The van der Waals surface area contributed by atoms with Gasteiger partial charge >= 0.3 is 0 Å². The van der Waals surface area contributed by atoms with Crippen LogP contribution >= 0.6 is 27.5 Å². The Balaban J connectivity index is 2.58. The lowest BCUT2D eigenvalue weighted by molar-refractivity contribution is 0.373. The van der Waals surface area contributed by atoms with Gasteiger partial charge in [0.25, 0.3) is 0 Å². The van der Waals surface area contributed by atoms with Crippen LogP contribution in [-0.4, -0.2) is 20.6 Å². The molecule has 2 rings (SSSR count). The summed E-state index contributed by atoms with van der Waals surface area (Å²) in [5.74, 6) is 0.0474. The number of nitriles is 1. The van der Waals surface area contributed by atoms with Crippen LogP contribution in [0.4, 0.5) is 0 Å². The molecule has 0 aliphatic carbocycles. The number of allylic oxidation sites excluding steroid dienone is 1. The van der Waals surface area contributed by atoms with Crippen molar-refractivity contribution in [3.63, 3.8) is 0 Å². The summed E-state index contributed by atoms with van der Waals surface area (Å²) in [5.41, 5.74) is 0.374.